The Kier molecular flexibility index (Phi) is 7.11. The zero-order valence-corrected chi connectivity index (χ0v) is 17.7. The molecule has 1 saturated heterocycles. The minimum Gasteiger partial charge on any atom is -0.465 e. The lowest BCUT2D eigenvalue weighted by atomic mass is 9.77. The summed E-state index contributed by atoms with van der Waals surface area (Å²) in [5.41, 5.74) is 0.421. The summed E-state index contributed by atoms with van der Waals surface area (Å²) in [4.78, 5) is 18.5. The number of β-amino-alcohol motifs (C(OH)–C–C–N with tert-alkyl or cyclic N) is 1. The molecule has 2 heterocycles. The third kappa shape index (κ3) is 4.81. The molecule has 0 bridgehead atoms. The van der Waals surface area contributed by atoms with Crippen LogP contribution in [0, 0.1) is 11.8 Å². The topological polar surface area (TPSA) is 71.9 Å². The van der Waals surface area contributed by atoms with E-state index in [1.54, 1.807) is 19.4 Å². The average molecular weight is 441 g/mol. The highest BCUT2D eigenvalue weighted by Crippen LogP contribution is 2.36. The molecule has 0 amide bonds. The average Bonchev–Trinajstić information content (AvgIpc) is 2.69. The van der Waals surface area contributed by atoms with Gasteiger partial charge in [0.25, 0.3) is 0 Å². The van der Waals surface area contributed by atoms with Crippen LogP contribution in [0.1, 0.15) is 48.9 Å². The first-order valence-electron chi connectivity index (χ1n) is 9.73. The van der Waals surface area contributed by atoms with Gasteiger partial charge in [0.15, 0.2) is 0 Å². The molecule has 2 aliphatic rings. The SMILES string of the molecule is COC(=O)c1cc(Br)cnc1N1CCC(CC2CCCCC2OC)C(O)C1. The highest BCUT2D eigenvalue weighted by molar-refractivity contribution is 9.10. The number of aliphatic hydroxyl groups excluding tert-OH is 1. The second-order valence-electron chi connectivity index (χ2n) is 7.63. The summed E-state index contributed by atoms with van der Waals surface area (Å²) in [6.07, 6.45) is 8.25. The van der Waals surface area contributed by atoms with Gasteiger partial charge in [0.1, 0.15) is 11.4 Å². The van der Waals surface area contributed by atoms with Gasteiger partial charge in [-0.1, -0.05) is 12.8 Å². The Bertz CT molecular complexity index is 657. The van der Waals surface area contributed by atoms with E-state index in [1.807, 2.05) is 4.90 Å². The molecule has 0 radical (unpaired) electrons. The lowest BCUT2D eigenvalue weighted by Gasteiger charge is -2.40. The molecule has 1 N–H and O–H groups in total. The number of hydrogen-bond acceptors (Lipinski definition) is 6. The zero-order chi connectivity index (χ0) is 19.4. The third-order valence-electron chi connectivity index (χ3n) is 6.01. The Hall–Kier alpha value is -1.18. The predicted molar refractivity (Wildman–Crippen MR) is 107 cm³/mol. The van der Waals surface area contributed by atoms with E-state index in [9.17, 15) is 9.90 Å². The lowest BCUT2D eigenvalue weighted by Crippen LogP contribution is -2.46. The molecule has 1 aromatic rings. The van der Waals surface area contributed by atoms with E-state index in [1.165, 1.54) is 26.4 Å². The third-order valence-corrected chi connectivity index (χ3v) is 6.44. The van der Waals surface area contributed by atoms with Crippen molar-refractivity contribution in [3.05, 3.63) is 22.3 Å². The van der Waals surface area contributed by atoms with Gasteiger partial charge in [-0.25, -0.2) is 9.78 Å². The van der Waals surface area contributed by atoms with Crippen LogP contribution >= 0.6 is 15.9 Å². The Balaban J connectivity index is 1.67. The van der Waals surface area contributed by atoms with E-state index in [0.29, 0.717) is 29.9 Å². The molecule has 4 unspecified atom stereocenters. The van der Waals surface area contributed by atoms with Gasteiger partial charge in [0, 0.05) is 30.9 Å². The van der Waals surface area contributed by atoms with Gasteiger partial charge in [0.2, 0.25) is 0 Å². The Morgan fingerprint density at radius 3 is 2.78 bits per heavy atom. The van der Waals surface area contributed by atoms with Crippen molar-refractivity contribution in [2.45, 2.75) is 50.7 Å². The molecule has 1 aromatic heterocycles. The minimum atomic E-state index is -0.436. The van der Waals surface area contributed by atoms with Gasteiger partial charge in [-0.3, -0.25) is 0 Å². The van der Waals surface area contributed by atoms with E-state index in [4.69, 9.17) is 9.47 Å². The number of rotatable bonds is 5. The number of aromatic nitrogens is 1. The summed E-state index contributed by atoms with van der Waals surface area (Å²) in [6.45, 7) is 1.25. The summed E-state index contributed by atoms with van der Waals surface area (Å²) >= 11 is 3.36. The maximum Gasteiger partial charge on any atom is 0.341 e. The van der Waals surface area contributed by atoms with Gasteiger partial charge in [-0.2, -0.15) is 0 Å². The first-order valence-corrected chi connectivity index (χ1v) is 10.5. The molecule has 0 spiro atoms. The molecule has 150 valence electrons. The number of esters is 1. The van der Waals surface area contributed by atoms with Crippen LogP contribution in [0.15, 0.2) is 16.7 Å². The maximum atomic E-state index is 12.1. The minimum absolute atomic E-state index is 0.263. The Morgan fingerprint density at radius 2 is 2.07 bits per heavy atom. The van der Waals surface area contributed by atoms with Crippen LogP contribution in [0.5, 0.6) is 0 Å². The van der Waals surface area contributed by atoms with Crippen molar-refractivity contribution in [3.63, 3.8) is 0 Å². The van der Waals surface area contributed by atoms with Crippen LogP contribution in [0.2, 0.25) is 0 Å². The molecule has 0 aromatic carbocycles. The number of nitrogens with zero attached hydrogens (tertiary/aromatic N) is 2. The predicted octanol–water partition coefficient (Wildman–Crippen LogP) is 3.41. The molecular formula is C20H29BrN2O4. The van der Waals surface area contributed by atoms with E-state index < -0.39 is 12.1 Å². The van der Waals surface area contributed by atoms with Crippen LogP contribution in [0.3, 0.4) is 0 Å². The fraction of sp³-hybridized carbons (Fsp3) is 0.700. The quantitative estimate of drug-likeness (QED) is 0.707. The number of halogens is 1. The monoisotopic (exact) mass is 440 g/mol. The summed E-state index contributed by atoms with van der Waals surface area (Å²) in [7, 11) is 3.17. The number of carbonyl (C=O) groups is 1. The fourth-order valence-electron chi connectivity index (χ4n) is 4.53. The van der Waals surface area contributed by atoms with Crippen molar-refractivity contribution >= 4 is 27.7 Å². The summed E-state index contributed by atoms with van der Waals surface area (Å²) in [5.74, 6) is 0.959. The number of carbonyl (C=O) groups excluding carboxylic acids is 1. The van der Waals surface area contributed by atoms with Crippen molar-refractivity contribution in [1.29, 1.82) is 0 Å². The van der Waals surface area contributed by atoms with E-state index in [-0.39, 0.29) is 5.92 Å². The normalized spacial score (nSPS) is 28.8. The van der Waals surface area contributed by atoms with E-state index in [0.717, 1.165) is 30.3 Å². The summed E-state index contributed by atoms with van der Waals surface area (Å²) in [6, 6.07) is 1.72. The van der Waals surface area contributed by atoms with Crippen LogP contribution in [-0.2, 0) is 9.47 Å². The zero-order valence-electron chi connectivity index (χ0n) is 16.1. The van der Waals surface area contributed by atoms with Gasteiger partial charge in [0.05, 0.1) is 19.3 Å². The van der Waals surface area contributed by atoms with Crippen molar-refractivity contribution in [3.8, 4) is 0 Å². The highest BCUT2D eigenvalue weighted by Gasteiger charge is 2.34. The molecule has 6 nitrogen and oxygen atoms in total. The fourth-order valence-corrected chi connectivity index (χ4v) is 4.87. The van der Waals surface area contributed by atoms with Gasteiger partial charge in [-0.05, 0) is 59.5 Å². The molecule has 27 heavy (non-hydrogen) atoms. The van der Waals surface area contributed by atoms with Crippen molar-refractivity contribution in [2.24, 2.45) is 11.8 Å². The molecule has 3 rings (SSSR count). The number of hydrogen-bond donors (Lipinski definition) is 1. The number of methoxy groups -OCH3 is 2. The second-order valence-corrected chi connectivity index (χ2v) is 8.55. The smallest absolute Gasteiger partial charge is 0.341 e. The van der Waals surface area contributed by atoms with Crippen molar-refractivity contribution in [2.75, 3.05) is 32.2 Å². The van der Waals surface area contributed by atoms with Gasteiger partial charge in [-0.15, -0.1) is 0 Å². The van der Waals surface area contributed by atoms with Crippen molar-refractivity contribution < 1.29 is 19.4 Å². The molecule has 4 atom stereocenters. The molecule has 1 aliphatic carbocycles. The first-order chi connectivity index (χ1) is 13.0. The van der Waals surface area contributed by atoms with E-state index in [2.05, 4.69) is 20.9 Å². The van der Waals surface area contributed by atoms with Gasteiger partial charge >= 0.3 is 5.97 Å². The number of ether oxygens (including phenoxy) is 2. The summed E-state index contributed by atoms with van der Waals surface area (Å²) in [5, 5.41) is 10.8. The molecule has 1 saturated carbocycles. The van der Waals surface area contributed by atoms with Crippen molar-refractivity contribution in [1.82, 2.24) is 4.98 Å². The standard InChI is InChI=1S/C20H29BrN2O4/c1-26-18-6-4-3-5-14(18)9-13-7-8-23(12-17(13)24)19-16(20(25)27-2)10-15(21)11-22-19/h10-11,13-14,17-18,24H,3-9,12H2,1-2H3. The number of aliphatic hydroxyl groups is 1. The Morgan fingerprint density at radius 1 is 1.30 bits per heavy atom. The van der Waals surface area contributed by atoms with Crippen LogP contribution in [0.25, 0.3) is 0 Å². The van der Waals surface area contributed by atoms with Crippen LogP contribution in [-0.4, -0.2) is 55.6 Å². The molecular weight excluding hydrogens is 412 g/mol. The van der Waals surface area contributed by atoms with E-state index >= 15 is 0 Å². The first kappa shape index (κ1) is 20.6. The van der Waals surface area contributed by atoms with Crippen LogP contribution in [0.4, 0.5) is 5.82 Å². The number of piperidine rings is 1. The molecule has 7 heteroatoms. The lowest BCUT2D eigenvalue weighted by molar-refractivity contribution is -0.00361. The molecule has 2 fully saturated rings. The summed E-state index contributed by atoms with van der Waals surface area (Å²) < 4.78 is 11.3. The van der Waals surface area contributed by atoms with Gasteiger partial charge < -0.3 is 19.5 Å². The Labute approximate surface area is 169 Å². The number of anilines is 1. The molecule has 1 aliphatic heterocycles. The van der Waals surface area contributed by atoms with Crippen LogP contribution < -0.4 is 4.90 Å². The number of pyridine rings is 1. The highest BCUT2D eigenvalue weighted by atomic mass is 79.9. The second kappa shape index (κ2) is 9.34. The largest absolute Gasteiger partial charge is 0.465 e. The maximum absolute atomic E-state index is 12.1.